The van der Waals surface area contributed by atoms with Crippen molar-refractivity contribution in [2.75, 3.05) is 5.32 Å². The Morgan fingerprint density at radius 2 is 2.12 bits per heavy atom. The van der Waals surface area contributed by atoms with Crippen LogP contribution in [0.2, 0.25) is 5.02 Å². The molecule has 2 heterocycles. The molecule has 17 heavy (non-hydrogen) atoms. The summed E-state index contributed by atoms with van der Waals surface area (Å²) >= 11 is 5.94. The van der Waals surface area contributed by atoms with Crippen molar-refractivity contribution in [2.24, 2.45) is 4.99 Å². The Labute approximate surface area is 104 Å². The van der Waals surface area contributed by atoms with Crippen LogP contribution in [0.15, 0.2) is 47.6 Å². The van der Waals surface area contributed by atoms with Crippen LogP contribution in [0.25, 0.3) is 0 Å². The summed E-state index contributed by atoms with van der Waals surface area (Å²) < 4.78 is 0. The van der Waals surface area contributed by atoms with E-state index in [2.05, 4.69) is 15.3 Å². The van der Waals surface area contributed by atoms with Gasteiger partial charge in [0, 0.05) is 22.5 Å². The molecule has 2 aromatic rings. The number of amidine groups is 1. The van der Waals surface area contributed by atoms with Crippen molar-refractivity contribution in [1.82, 2.24) is 4.98 Å². The summed E-state index contributed by atoms with van der Waals surface area (Å²) in [6.07, 6.45) is 1.78. The molecule has 1 aromatic heterocycles. The lowest BCUT2D eigenvalue weighted by molar-refractivity contribution is 1.09. The van der Waals surface area contributed by atoms with Gasteiger partial charge in [-0.15, -0.1) is 0 Å². The van der Waals surface area contributed by atoms with E-state index in [1.54, 1.807) is 6.20 Å². The van der Waals surface area contributed by atoms with Gasteiger partial charge in [-0.05, 0) is 24.3 Å². The van der Waals surface area contributed by atoms with Gasteiger partial charge in [-0.25, -0.2) is 0 Å². The highest BCUT2D eigenvalue weighted by molar-refractivity contribution is 6.31. The molecule has 1 aromatic carbocycles. The van der Waals surface area contributed by atoms with Crippen LogP contribution in [-0.2, 0) is 6.54 Å². The van der Waals surface area contributed by atoms with Crippen LogP contribution >= 0.6 is 11.6 Å². The normalized spacial score (nSPS) is 13.1. The van der Waals surface area contributed by atoms with Crippen LogP contribution in [0.4, 0.5) is 5.69 Å². The number of benzene rings is 1. The summed E-state index contributed by atoms with van der Waals surface area (Å²) in [5.41, 5.74) is 3.00. The Hall–Kier alpha value is -1.87. The molecule has 0 spiro atoms. The summed E-state index contributed by atoms with van der Waals surface area (Å²) in [6, 6.07) is 11.5. The third-order valence-corrected chi connectivity index (χ3v) is 2.85. The lowest BCUT2D eigenvalue weighted by Gasteiger charge is -2.06. The third kappa shape index (κ3) is 2.01. The number of anilines is 1. The largest absolute Gasteiger partial charge is 0.339 e. The Bertz CT molecular complexity index is 593. The van der Waals surface area contributed by atoms with Gasteiger partial charge in [0.25, 0.3) is 0 Å². The van der Waals surface area contributed by atoms with Crippen molar-refractivity contribution in [1.29, 1.82) is 0 Å². The molecule has 0 unspecified atom stereocenters. The average Bonchev–Trinajstić information content (AvgIpc) is 2.73. The predicted molar refractivity (Wildman–Crippen MR) is 69.6 cm³/mol. The highest BCUT2D eigenvalue weighted by atomic mass is 35.5. The van der Waals surface area contributed by atoms with Crippen LogP contribution in [0.1, 0.15) is 11.3 Å². The minimum absolute atomic E-state index is 0.687. The molecular weight excluding hydrogens is 234 g/mol. The molecule has 0 radical (unpaired) electrons. The molecular formula is C13H10ClN3. The number of nitrogens with zero attached hydrogens (tertiary/aromatic N) is 2. The van der Waals surface area contributed by atoms with Gasteiger partial charge in [0.2, 0.25) is 0 Å². The Kier molecular flexibility index (Phi) is 2.53. The fraction of sp³-hybridized carbons (Fsp3) is 0.0769. The van der Waals surface area contributed by atoms with Crippen LogP contribution in [0, 0.1) is 0 Å². The zero-order chi connectivity index (χ0) is 11.7. The molecule has 0 amide bonds. The maximum atomic E-state index is 5.94. The standard InChI is InChI=1S/C13H10ClN3/c14-10-4-1-5-11(7-10)17-13-12-9(8-16-13)3-2-6-15-12/h1-7H,8H2,(H,16,17). The zero-order valence-corrected chi connectivity index (χ0v) is 9.78. The quantitative estimate of drug-likeness (QED) is 0.836. The first-order chi connectivity index (χ1) is 8.33. The van der Waals surface area contributed by atoms with E-state index in [0.717, 1.165) is 22.8 Å². The zero-order valence-electron chi connectivity index (χ0n) is 9.02. The summed E-state index contributed by atoms with van der Waals surface area (Å²) in [7, 11) is 0. The Morgan fingerprint density at radius 1 is 1.18 bits per heavy atom. The number of hydrogen-bond donors (Lipinski definition) is 1. The molecule has 1 aliphatic heterocycles. The van der Waals surface area contributed by atoms with Gasteiger partial charge in [0.05, 0.1) is 6.54 Å². The first-order valence-electron chi connectivity index (χ1n) is 5.34. The minimum Gasteiger partial charge on any atom is -0.339 e. The second-order valence-corrected chi connectivity index (χ2v) is 4.25. The molecule has 0 saturated carbocycles. The summed E-state index contributed by atoms with van der Waals surface area (Å²) in [5, 5.41) is 3.94. The number of rotatable bonds is 1. The van der Waals surface area contributed by atoms with E-state index in [0.29, 0.717) is 11.6 Å². The summed E-state index contributed by atoms with van der Waals surface area (Å²) in [6.45, 7) is 0.687. The summed E-state index contributed by atoms with van der Waals surface area (Å²) in [4.78, 5) is 8.76. The van der Waals surface area contributed by atoms with Crippen LogP contribution in [-0.4, -0.2) is 10.8 Å². The molecule has 3 nitrogen and oxygen atoms in total. The van der Waals surface area contributed by atoms with E-state index in [-0.39, 0.29) is 0 Å². The van der Waals surface area contributed by atoms with E-state index in [1.807, 2.05) is 36.4 Å². The van der Waals surface area contributed by atoms with Crippen LogP contribution in [0.5, 0.6) is 0 Å². The van der Waals surface area contributed by atoms with E-state index < -0.39 is 0 Å². The number of aromatic nitrogens is 1. The number of aliphatic imine (C=N–C) groups is 1. The van der Waals surface area contributed by atoms with Crippen LogP contribution in [0.3, 0.4) is 0 Å². The average molecular weight is 244 g/mol. The molecule has 3 rings (SSSR count). The van der Waals surface area contributed by atoms with Gasteiger partial charge in [0.1, 0.15) is 5.69 Å². The third-order valence-electron chi connectivity index (χ3n) is 2.61. The molecule has 1 N–H and O–H groups in total. The topological polar surface area (TPSA) is 37.3 Å². The fourth-order valence-electron chi connectivity index (χ4n) is 1.82. The summed E-state index contributed by atoms with van der Waals surface area (Å²) in [5.74, 6) is 0.808. The minimum atomic E-state index is 0.687. The molecule has 0 atom stereocenters. The van der Waals surface area contributed by atoms with E-state index in [1.165, 1.54) is 0 Å². The van der Waals surface area contributed by atoms with E-state index in [4.69, 9.17) is 11.6 Å². The van der Waals surface area contributed by atoms with E-state index >= 15 is 0 Å². The molecule has 84 valence electrons. The van der Waals surface area contributed by atoms with Gasteiger partial charge >= 0.3 is 0 Å². The van der Waals surface area contributed by atoms with Crippen molar-refractivity contribution >= 4 is 23.1 Å². The lowest BCUT2D eigenvalue weighted by Crippen LogP contribution is -2.12. The first-order valence-corrected chi connectivity index (χ1v) is 5.72. The molecule has 0 aliphatic carbocycles. The van der Waals surface area contributed by atoms with Gasteiger partial charge in [-0.1, -0.05) is 23.7 Å². The Morgan fingerprint density at radius 3 is 3.00 bits per heavy atom. The molecule has 0 saturated heterocycles. The van der Waals surface area contributed by atoms with Crippen molar-refractivity contribution in [2.45, 2.75) is 6.54 Å². The molecule has 1 aliphatic rings. The van der Waals surface area contributed by atoms with Gasteiger partial charge < -0.3 is 5.32 Å². The fourth-order valence-corrected chi connectivity index (χ4v) is 2.01. The SMILES string of the molecule is Clc1cccc(NC2=NCc3cccnc32)c1. The van der Waals surface area contributed by atoms with Crippen molar-refractivity contribution in [3.8, 4) is 0 Å². The van der Waals surface area contributed by atoms with Crippen LogP contribution < -0.4 is 5.32 Å². The highest BCUT2D eigenvalue weighted by Gasteiger charge is 2.16. The first kappa shape index (κ1) is 10.3. The molecule has 0 bridgehead atoms. The smallest absolute Gasteiger partial charge is 0.152 e. The second kappa shape index (κ2) is 4.18. The predicted octanol–water partition coefficient (Wildman–Crippen LogP) is 3.11. The van der Waals surface area contributed by atoms with Gasteiger partial charge in [-0.3, -0.25) is 9.98 Å². The van der Waals surface area contributed by atoms with Gasteiger partial charge in [0.15, 0.2) is 5.84 Å². The highest BCUT2D eigenvalue weighted by Crippen LogP contribution is 2.20. The van der Waals surface area contributed by atoms with E-state index in [9.17, 15) is 0 Å². The number of fused-ring (bicyclic) bond motifs is 1. The Balaban J connectivity index is 1.89. The molecule has 4 heteroatoms. The van der Waals surface area contributed by atoms with Crippen molar-refractivity contribution in [3.05, 3.63) is 58.9 Å². The number of halogens is 1. The van der Waals surface area contributed by atoms with Crippen molar-refractivity contribution < 1.29 is 0 Å². The van der Waals surface area contributed by atoms with Gasteiger partial charge in [-0.2, -0.15) is 0 Å². The number of nitrogens with one attached hydrogen (secondary N) is 1. The monoisotopic (exact) mass is 243 g/mol. The number of pyridine rings is 1. The lowest BCUT2D eigenvalue weighted by atomic mass is 10.2. The molecule has 0 fully saturated rings. The maximum absolute atomic E-state index is 5.94. The maximum Gasteiger partial charge on any atom is 0.152 e. The number of hydrogen-bond acceptors (Lipinski definition) is 3. The van der Waals surface area contributed by atoms with Crippen molar-refractivity contribution in [3.63, 3.8) is 0 Å². The second-order valence-electron chi connectivity index (χ2n) is 3.81.